The van der Waals surface area contributed by atoms with Crippen molar-refractivity contribution in [3.05, 3.63) is 34.4 Å². The van der Waals surface area contributed by atoms with Gasteiger partial charge in [-0.05, 0) is 33.3 Å². The van der Waals surface area contributed by atoms with Gasteiger partial charge in [0.15, 0.2) is 0 Å². The summed E-state index contributed by atoms with van der Waals surface area (Å²) in [4.78, 5) is 23.9. The fourth-order valence-electron chi connectivity index (χ4n) is 1.88. The monoisotopic (exact) mass is 309 g/mol. The number of para-hydroxylation sites is 2. The van der Waals surface area contributed by atoms with Gasteiger partial charge in [-0.25, -0.2) is 4.79 Å². The van der Waals surface area contributed by atoms with Crippen molar-refractivity contribution in [2.24, 2.45) is 0 Å². The molecule has 0 unspecified atom stereocenters. The summed E-state index contributed by atoms with van der Waals surface area (Å²) in [6.07, 6.45) is 0.197. The van der Waals surface area contributed by atoms with Gasteiger partial charge in [-0.2, -0.15) is 0 Å². The Morgan fingerprint density at radius 3 is 2.59 bits per heavy atom. The van der Waals surface area contributed by atoms with Crippen LogP contribution in [0.1, 0.15) is 27.2 Å². The number of carbonyl (C=O) groups is 1. The summed E-state index contributed by atoms with van der Waals surface area (Å²) in [7, 11) is 1.79. The van der Waals surface area contributed by atoms with Crippen molar-refractivity contribution in [2.45, 2.75) is 32.8 Å². The van der Waals surface area contributed by atoms with Crippen LogP contribution in [0.15, 0.2) is 24.3 Å². The molecule has 22 heavy (non-hydrogen) atoms. The molecule has 1 N–H and O–H groups in total. The lowest BCUT2D eigenvalue weighted by molar-refractivity contribution is -0.384. The zero-order valence-electron chi connectivity index (χ0n) is 13.5. The molecule has 122 valence electrons. The van der Waals surface area contributed by atoms with Crippen LogP contribution in [0, 0.1) is 10.1 Å². The third kappa shape index (κ3) is 5.99. The minimum absolute atomic E-state index is 0.0742. The summed E-state index contributed by atoms with van der Waals surface area (Å²) in [5, 5.41) is 13.6. The number of carbonyl (C=O) groups excluding carboxylic acids is 1. The van der Waals surface area contributed by atoms with E-state index in [9.17, 15) is 14.9 Å². The van der Waals surface area contributed by atoms with Gasteiger partial charge in [0, 0.05) is 26.2 Å². The molecule has 0 bridgehead atoms. The number of hydrogen-bond acceptors (Lipinski definition) is 5. The first kappa shape index (κ1) is 17.7. The van der Waals surface area contributed by atoms with Gasteiger partial charge >= 0.3 is 6.09 Å². The van der Waals surface area contributed by atoms with Crippen molar-refractivity contribution in [1.82, 2.24) is 5.32 Å². The largest absolute Gasteiger partial charge is 0.444 e. The van der Waals surface area contributed by atoms with Gasteiger partial charge in [0.05, 0.1) is 4.92 Å². The van der Waals surface area contributed by atoms with Crippen LogP contribution in [0.2, 0.25) is 0 Å². The van der Waals surface area contributed by atoms with Crippen LogP contribution in [0.25, 0.3) is 0 Å². The quantitative estimate of drug-likeness (QED) is 0.496. The van der Waals surface area contributed by atoms with Crippen LogP contribution >= 0.6 is 0 Å². The van der Waals surface area contributed by atoms with Crippen molar-refractivity contribution in [2.75, 3.05) is 25.0 Å². The van der Waals surface area contributed by atoms with E-state index in [4.69, 9.17) is 4.74 Å². The number of hydrogen-bond donors (Lipinski definition) is 1. The Hall–Kier alpha value is -2.31. The Balaban J connectivity index is 2.43. The molecular formula is C15H23N3O4. The number of benzene rings is 1. The van der Waals surface area contributed by atoms with Crippen molar-refractivity contribution in [1.29, 1.82) is 0 Å². The molecule has 1 aromatic carbocycles. The van der Waals surface area contributed by atoms with Crippen molar-refractivity contribution in [3.8, 4) is 0 Å². The molecule has 0 saturated carbocycles. The Labute approximate surface area is 130 Å². The minimum atomic E-state index is -0.522. The smallest absolute Gasteiger partial charge is 0.407 e. The maximum Gasteiger partial charge on any atom is 0.407 e. The van der Waals surface area contributed by atoms with E-state index in [0.717, 1.165) is 0 Å². The molecule has 0 aliphatic rings. The summed E-state index contributed by atoms with van der Waals surface area (Å²) < 4.78 is 5.13. The number of rotatable bonds is 6. The van der Waals surface area contributed by atoms with Gasteiger partial charge in [0.25, 0.3) is 5.69 Å². The number of nitrogens with zero attached hydrogens (tertiary/aromatic N) is 2. The van der Waals surface area contributed by atoms with Gasteiger partial charge in [-0.3, -0.25) is 10.1 Å². The van der Waals surface area contributed by atoms with Crippen LogP contribution in [-0.4, -0.2) is 36.8 Å². The summed E-state index contributed by atoms with van der Waals surface area (Å²) in [5.41, 5.74) is 0.112. The lowest BCUT2D eigenvalue weighted by Crippen LogP contribution is -2.34. The summed E-state index contributed by atoms with van der Waals surface area (Å²) >= 11 is 0. The first-order chi connectivity index (χ1) is 10.2. The third-order valence-corrected chi connectivity index (χ3v) is 2.83. The number of nitro groups is 1. The predicted molar refractivity (Wildman–Crippen MR) is 85.2 cm³/mol. The predicted octanol–water partition coefficient (Wildman–Crippen LogP) is 2.95. The van der Waals surface area contributed by atoms with Gasteiger partial charge in [-0.15, -0.1) is 0 Å². The maximum absolute atomic E-state index is 11.5. The van der Waals surface area contributed by atoms with E-state index in [-0.39, 0.29) is 5.69 Å². The molecule has 7 heteroatoms. The second kappa shape index (κ2) is 7.63. The van der Waals surface area contributed by atoms with E-state index < -0.39 is 16.6 Å². The van der Waals surface area contributed by atoms with Crippen molar-refractivity contribution >= 4 is 17.5 Å². The molecule has 0 aliphatic carbocycles. The Morgan fingerprint density at radius 1 is 1.36 bits per heavy atom. The van der Waals surface area contributed by atoms with Crippen LogP contribution in [0.4, 0.5) is 16.2 Å². The second-order valence-corrected chi connectivity index (χ2v) is 5.95. The molecule has 1 rings (SSSR count). The van der Waals surface area contributed by atoms with Gasteiger partial charge in [-0.1, -0.05) is 12.1 Å². The first-order valence-corrected chi connectivity index (χ1v) is 7.12. The Kier molecular flexibility index (Phi) is 6.15. The van der Waals surface area contributed by atoms with Crippen LogP contribution < -0.4 is 10.2 Å². The molecule has 0 heterocycles. The highest BCUT2D eigenvalue weighted by Crippen LogP contribution is 2.26. The Bertz CT molecular complexity index is 526. The van der Waals surface area contributed by atoms with E-state index >= 15 is 0 Å². The van der Waals surface area contributed by atoms with Crippen LogP contribution in [0.3, 0.4) is 0 Å². The average molecular weight is 309 g/mol. The van der Waals surface area contributed by atoms with Gasteiger partial charge < -0.3 is 15.0 Å². The third-order valence-electron chi connectivity index (χ3n) is 2.83. The molecule has 0 fully saturated rings. The van der Waals surface area contributed by atoms with Crippen LogP contribution in [0.5, 0.6) is 0 Å². The van der Waals surface area contributed by atoms with Crippen molar-refractivity contribution < 1.29 is 14.5 Å². The van der Waals surface area contributed by atoms with Gasteiger partial charge in [0.1, 0.15) is 11.3 Å². The van der Waals surface area contributed by atoms with Crippen molar-refractivity contribution in [3.63, 3.8) is 0 Å². The summed E-state index contributed by atoms with van der Waals surface area (Å²) in [6, 6.07) is 6.58. The highest BCUT2D eigenvalue weighted by atomic mass is 16.6. The topological polar surface area (TPSA) is 84.7 Å². The standard InChI is InChI=1S/C15H23N3O4/c1-15(2,3)22-14(19)16-10-7-11-17(4)12-8-5-6-9-13(12)18(20)21/h5-6,8-9H,7,10-11H2,1-4H3,(H,16,19). The number of amides is 1. The highest BCUT2D eigenvalue weighted by molar-refractivity contribution is 5.67. The fraction of sp³-hybridized carbons (Fsp3) is 0.533. The number of anilines is 1. The van der Waals surface area contributed by atoms with Gasteiger partial charge in [0.2, 0.25) is 0 Å². The first-order valence-electron chi connectivity index (χ1n) is 7.12. The molecule has 7 nitrogen and oxygen atoms in total. The molecule has 1 aromatic rings. The zero-order chi connectivity index (χ0) is 16.8. The van der Waals surface area contributed by atoms with Crippen LogP contribution in [-0.2, 0) is 4.74 Å². The molecule has 0 aromatic heterocycles. The van der Waals surface area contributed by atoms with E-state index in [2.05, 4.69) is 5.32 Å². The van der Waals surface area contributed by atoms with E-state index in [0.29, 0.717) is 25.2 Å². The lowest BCUT2D eigenvalue weighted by atomic mass is 10.2. The minimum Gasteiger partial charge on any atom is -0.444 e. The lowest BCUT2D eigenvalue weighted by Gasteiger charge is -2.21. The molecule has 0 saturated heterocycles. The normalized spacial score (nSPS) is 10.9. The summed E-state index contributed by atoms with van der Waals surface area (Å²) in [6.45, 7) is 6.43. The average Bonchev–Trinajstić information content (AvgIpc) is 2.41. The molecular weight excluding hydrogens is 286 g/mol. The Morgan fingerprint density at radius 2 is 2.00 bits per heavy atom. The number of alkyl carbamates (subject to hydrolysis) is 1. The maximum atomic E-state index is 11.5. The fourth-order valence-corrected chi connectivity index (χ4v) is 1.88. The molecule has 0 radical (unpaired) electrons. The molecule has 0 atom stereocenters. The van der Waals surface area contributed by atoms with E-state index in [1.807, 2.05) is 0 Å². The van der Waals surface area contributed by atoms with E-state index in [1.54, 1.807) is 50.9 Å². The SMILES string of the molecule is CN(CCCNC(=O)OC(C)(C)C)c1ccccc1[N+](=O)[O-]. The number of nitro benzene ring substituents is 1. The number of ether oxygens (including phenoxy) is 1. The number of nitrogens with one attached hydrogen (secondary N) is 1. The highest BCUT2D eigenvalue weighted by Gasteiger charge is 2.17. The molecule has 1 amide bonds. The molecule has 0 spiro atoms. The summed E-state index contributed by atoms with van der Waals surface area (Å²) in [5.74, 6) is 0. The molecule has 0 aliphatic heterocycles. The second-order valence-electron chi connectivity index (χ2n) is 5.95. The zero-order valence-corrected chi connectivity index (χ0v) is 13.5. The van der Waals surface area contributed by atoms with E-state index in [1.165, 1.54) is 6.07 Å².